The second-order valence-electron chi connectivity index (χ2n) is 15.2. The molecule has 270 valence electrons. The minimum atomic E-state index is 0.854. The third kappa shape index (κ3) is 5.05. The maximum Gasteiger partial charge on any atom is 0.143 e. The van der Waals surface area contributed by atoms with Gasteiger partial charge in [0.2, 0.25) is 0 Å². The molecule has 11 aromatic carbocycles. The number of anilines is 3. The number of rotatable bonds is 5. The fraction of sp³-hybridized carbons (Fsp3) is 0. The van der Waals surface area contributed by atoms with Gasteiger partial charge in [-0.2, -0.15) is 0 Å². The Bertz CT molecular complexity index is 3520. The quantitative estimate of drug-likeness (QED) is 0.164. The van der Waals surface area contributed by atoms with E-state index < -0.39 is 0 Å². The standard InChI is InChI=1S/C56H35NO/c1-2-13-36(14-3-1)37-25-28-41(29-26-37)57(53-24-12-17-38-15-4-6-18-43(38)53)42-30-32-50-52-33-39-16-5-7-19-44(39)55(56(52)58-54(50)35-42)40-27-31-49-47-22-9-8-20-45(47)46-21-10-11-23-48(46)51(49)34-40/h1-35H. The van der Waals surface area contributed by atoms with E-state index in [1.54, 1.807) is 0 Å². The van der Waals surface area contributed by atoms with Crippen LogP contribution in [0.2, 0.25) is 0 Å². The van der Waals surface area contributed by atoms with Crippen LogP contribution in [0.1, 0.15) is 0 Å². The molecule has 0 N–H and O–H groups in total. The van der Waals surface area contributed by atoms with Gasteiger partial charge in [0.15, 0.2) is 0 Å². The van der Waals surface area contributed by atoms with Crippen LogP contribution >= 0.6 is 0 Å². The molecule has 0 bridgehead atoms. The highest BCUT2D eigenvalue weighted by molar-refractivity contribution is 6.27. The summed E-state index contributed by atoms with van der Waals surface area (Å²) in [4.78, 5) is 2.36. The molecule has 0 spiro atoms. The van der Waals surface area contributed by atoms with Crippen molar-refractivity contribution in [2.45, 2.75) is 0 Å². The van der Waals surface area contributed by atoms with Crippen LogP contribution < -0.4 is 4.90 Å². The molecule has 0 aliphatic rings. The fourth-order valence-electron chi connectivity index (χ4n) is 9.32. The number of benzene rings is 11. The summed E-state index contributed by atoms with van der Waals surface area (Å²) in [5, 5.41) is 14.5. The lowest BCUT2D eigenvalue weighted by atomic mass is 9.90. The molecule has 0 radical (unpaired) electrons. The highest BCUT2D eigenvalue weighted by Crippen LogP contribution is 2.46. The lowest BCUT2D eigenvalue weighted by molar-refractivity contribution is 0.670. The van der Waals surface area contributed by atoms with Gasteiger partial charge < -0.3 is 9.32 Å². The van der Waals surface area contributed by atoms with E-state index in [2.05, 4.69) is 217 Å². The maximum absolute atomic E-state index is 7.12. The van der Waals surface area contributed by atoms with Crippen molar-refractivity contribution >= 4 is 92.9 Å². The smallest absolute Gasteiger partial charge is 0.143 e. The van der Waals surface area contributed by atoms with Gasteiger partial charge in [0, 0.05) is 39.2 Å². The largest absolute Gasteiger partial charge is 0.455 e. The molecule has 1 aromatic heterocycles. The minimum absolute atomic E-state index is 0.854. The van der Waals surface area contributed by atoms with Gasteiger partial charge in [-0.3, -0.25) is 0 Å². The number of furan rings is 1. The molecule has 12 rings (SSSR count). The first-order valence-corrected chi connectivity index (χ1v) is 19.9. The first kappa shape index (κ1) is 32.6. The van der Waals surface area contributed by atoms with E-state index in [0.717, 1.165) is 50.1 Å². The first-order valence-electron chi connectivity index (χ1n) is 19.9. The van der Waals surface area contributed by atoms with E-state index in [1.807, 2.05) is 0 Å². The van der Waals surface area contributed by atoms with Crippen LogP contribution in [0, 0.1) is 0 Å². The summed E-state index contributed by atoms with van der Waals surface area (Å²) >= 11 is 0. The van der Waals surface area contributed by atoms with Crippen molar-refractivity contribution in [2.24, 2.45) is 0 Å². The molecule has 58 heavy (non-hydrogen) atoms. The second-order valence-corrected chi connectivity index (χ2v) is 15.2. The summed E-state index contributed by atoms with van der Waals surface area (Å²) in [7, 11) is 0. The van der Waals surface area contributed by atoms with Crippen molar-refractivity contribution in [1.29, 1.82) is 0 Å². The van der Waals surface area contributed by atoms with Crippen LogP contribution in [0.5, 0.6) is 0 Å². The Kier molecular flexibility index (Phi) is 7.26. The Morgan fingerprint density at radius 3 is 1.57 bits per heavy atom. The van der Waals surface area contributed by atoms with E-state index in [4.69, 9.17) is 4.42 Å². The van der Waals surface area contributed by atoms with Gasteiger partial charge in [-0.15, -0.1) is 0 Å². The summed E-state index contributed by atoms with van der Waals surface area (Å²) in [5.41, 5.74) is 9.63. The molecular weight excluding hydrogens is 703 g/mol. The Morgan fingerprint density at radius 2 is 0.828 bits per heavy atom. The van der Waals surface area contributed by atoms with E-state index >= 15 is 0 Å². The van der Waals surface area contributed by atoms with Crippen molar-refractivity contribution in [3.05, 3.63) is 212 Å². The van der Waals surface area contributed by atoms with Gasteiger partial charge in [-0.05, 0) is 108 Å². The molecule has 0 amide bonds. The van der Waals surface area contributed by atoms with Crippen molar-refractivity contribution in [1.82, 2.24) is 0 Å². The third-order valence-corrected chi connectivity index (χ3v) is 12.0. The maximum atomic E-state index is 7.12. The normalized spacial score (nSPS) is 11.8. The summed E-state index contributed by atoms with van der Waals surface area (Å²) < 4.78 is 7.12. The minimum Gasteiger partial charge on any atom is -0.455 e. The van der Waals surface area contributed by atoms with Crippen molar-refractivity contribution in [3.63, 3.8) is 0 Å². The van der Waals surface area contributed by atoms with Crippen LogP contribution in [0.3, 0.4) is 0 Å². The average molecular weight is 738 g/mol. The van der Waals surface area contributed by atoms with Crippen molar-refractivity contribution in [3.8, 4) is 22.3 Å². The van der Waals surface area contributed by atoms with Crippen LogP contribution in [-0.2, 0) is 0 Å². The summed E-state index contributed by atoms with van der Waals surface area (Å²) in [6.45, 7) is 0. The summed E-state index contributed by atoms with van der Waals surface area (Å²) in [6, 6.07) is 76.8. The monoisotopic (exact) mass is 737 g/mol. The molecule has 0 aliphatic carbocycles. The van der Waals surface area contributed by atoms with Crippen LogP contribution in [0.25, 0.3) is 98.1 Å². The Morgan fingerprint density at radius 1 is 0.293 bits per heavy atom. The molecule has 12 aromatic rings. The van der Waals surface area contributed by atoms with E-state index in [-0.39, 0.29) is 0 Å². The van der Waals surface area contributed by atoms with Gasteiger partial charge in [0.1, 0.15) is 11.2 Å². The second kappa shape index (κ2) is 12.9. The van der Waals surface area contributed by atoms with E-state index in [9.17, 15) is 0 Å². The molecule has 0 fully saturated rings. The zero-order chi connectivity index (χ0) is 38.2. The number of fused-ring (bicyclic) bond motifs is 11. The molecule has 1 heterocycles. The molecule has 2 heteroatoms. The summed E-state index contributed by atoms with van der Waals surface area (Å²) in [5.74, 6) is 0. The highest BCUT2D eigenvalue weighted by atomic mass is 16.3. The van der Waals surface area contributed by atoms with E-state index in [1.165, 1.54) is 65.0 Å². The topological polar surface area (TPSA) is 16.4 Å². The van der Waals surface area contributed by atoms with Crippen LogP contribution in [0.15, 0.2) is 217 Å². The number of hydrogen-bond acceptors (Lipinski definition) is 2. The Labute approximate surface area is 335 Å². The number of nitrogens with zero attached hydrogens (tertiary/aromatic N) is 1. The SMILES string of the molecule is c1ccc(-c2ccc(N(c3ccc4c(c3)oc3c(-c5ccc6c7ccccc7c7ccccc7c6c5)c5ccccc5cc34)c3cccc4ccccc34)cc2)cc1. The highest BCUT2D eigenvalue weighted by Gasteiger charge is 2.21. The van der Waals surface area contributed by atoms with Crippen LogP contribution in [-0.4, -0.2) is 0 Å². The van der Waals surface area contributed by atoms with Gasteiger partial charge >= 0.3 is 0 Å². The molecular formula is C56H35NO. The molecule has 0 unspecified atom stereocenters. The molecule has 0 saturated heterocycles. The summed E-state index contributed by atoms with van der Waals surface area (Å²) in [6.07, 6.45) is 0. The zero-order valence-electron chi connectivity index (χ0n) is 31.6. The lowest BCUT2D eigenvalue weighted by Gasteiger charge is -2.27. The molecule has 0 saturated carbocycles. The molecule has 0 atom stereocenters. The van der Waals surface area contributed by atoms with Gasteiger partial charge in [0.05, 0.1) is 5.69 Å². The molecule has 2 nitrogen and oxygen atoms in total. The molecule has 0 aliphatic heterocycles. The Hall–Kier alpha value is -7.68. The predicted octanol–water partition coefficient (Wildman–Crippen LogP) is 16.2. The van der Waals surface area contributed by atoms with Gasteiger partial charge in [-0.25, -0.2) is 0 Å². The van der Waals surface area contributed by atoms with Crippen molar-refractivity contribution < 1.29 is 4.42 Å². The lowest BCUT2D eigenvalue weighted by Crippen LogP contribution is -2.10. The number of hydrogen-bond donors (Lipinski definition) is 0. The van der Waals surface area contributed by atoms with Crippen LogP contribution in [0.4, 0.5) is 17.1 Å². The zero-order valence-corrected chi connectivity index (χ0v) is 31.6. The third-order valence-electron chi connectivity index (χ3n) is 12.0. The predicted molar refractivity (Wildman–Crippen MR) is 247 cm³/mol. The average Bonchev–Trinajstić information content (AvgIpc) is 3.66. The van der Waals surface area contributed by atoms with Gasteiger partial charge in [0.25, 0.3) is 0 Å². The fourth-order valence-corrected chi connectivity index (χ4v) is 9.32. The van der Waals surface area contributed by atoms with Crippen molar-refractivity contribution in [2.75, 3.05) is 4.90 Å². The Balaban J connectivity index is 1.08. The van der Waals surface area contributed by atoms with Gasteiger partial charge in [-0.1, -0.05) is 164 Å². The first-order chi connectivity index (χ1) is 28.8. The van der Waals surface area contributed by atoms with E-state index in [0.29, 0.717) is 0 Å².